The van der Waals surface area contributed by atoms with E-state index in [0.29, 0.717) is 23.0 Å². The molecule has 0 amide bonds. The maximum atomic E-state index is 5.96. The molecule has 0 aliphatic carbocycles. The van der Waals surface area contributed by atoms with Crippen molar-refractivity contribution >= 4 is 17.3 Å². The van der Waals surface area contributed by atoms with Crippen molar-refractivity contribution in [2.45, 2.75) is 13.8 Å². The fraction of sp³-hybridized carbons (Fsp3) is 0.143. The average molecular weight is 281 g/mol. The molecule has 7 nitrogen and oxygen atoms in total. The van der Waals surface area contributed by atoms with Crippen molar-refractivity contribution in [2.75, 3.05) is 11.1 Å². The number of hydrogen-bond donors (Lipinski definition) is 3. The molecule has 0 radical (unpaired) electrons. The average Bonchev–Trinajstić information content (AvgIpc) is 2.88. The van der Waals surface area contributed by atoms with E-state index in [-0.39, 0.29) is 0 Å². The monoisotopic (exact) mass is 281 g/mol. The topological polar surface area (TPSA) is 105 Å². The molecule has 0 bridgehead atoms. The Morgan fingerprint density at radius 1 is 1.14 bits per heavy atom. The molecule has 0 fully saturated rings. The second-order valence-electron chi connectivity index (χ2n) is 4.74. The van der Waals surface area contributed by atoms with E-state index in [2.05, 4.69) is 30.5 Å². The van der Waals surface area contributed by atoms with Crippen LogP contribution in [0.3, 0.4) is 0 Å². The molecule has 3 aromatic heterocycles. The zero-order valence-electron chi connectivity index (χ0n) is 11.8. The number of aryl methyl sites for hydroxylation is 2. The molecule has 0 atom stereocenters. The quantitative estimate of drug-likeness (QED) is 0.679. The summed E-state index contributed by atoms with van der Waals surface area (Å²) in [4.78, 5) is 12.8. The van der Waals surface area contributed by atoms with Gasteiger partial charge in [0.1, 0.15) is 11.4 Å². The van der Waals surface area contributed by atoms with Gasteiger partial charge in [0.15, 0.2) is 11.6 Å². The third-order valence-corrected chi connectivity index (χ3v) is 2.93. The zero-order valence-corrected chi connectivity index (χ0v) is 11.8. The molecule has 0 aromatic carbocycles. The van der Waals surface area contributed by atoms with E-state index in [1.165, 1.54) is 0 Å². The van der Waals surface area contributed by atoms with E-state index in [9.17, 15) is 0 Å². The van der Waals surface area contributed by atoms with Crippen molar-refractivity contribution in [2.24, 2.45) is 0 Å². The Morgan fingerprint density at radius 2 is 2.00 bits per heavy atom. The Bertz CT molecular complexity index is 761. The fourth-order valence-corrected chi connectivity index (χ4v) is 1.89. The minimum atomic E-state index is 0.326. The van der Waals surface area contributed by atoms with Crippen LogP contribution in [-0.2, 0) is 0 Å². The summed E-state index contributed by atoms with van der Waals surface area (Å²) >= 11 is 0. The van der Waals surface area contributed by atoms with Gasteiger partial charge in [-0.05, 0) is 32.0 Å². The van der Waals surface area contributed by atoms with Gasteiger partial charge in [-0.1, -0.05) is 0 Å². The lowest BCUT2D eigenvalue weighted by Crippen LogP contribution is -2.02. The number of hydrogen-bond acceptors (Lipinski definition) is 6. The van der Waals surface area contributed by atoms with Crippen LogP contribution in [0.1, 0.15) is 11.4 Å². The normalized spacial score (nSPS) is 10.6. The molecule has 7 heteroatoms. The van der Waals surface area contributed by atoms with E-state index < -0.39 is 0 Å². The molecule has 3 rings (SSSR count). The van der Waals surface area contributed by atoms with Crippen LogP contribution in [0, 0.1) is 13.8 Å². The first kappa shape index (κ1) is 13.0. The van der Waals surface area contributed by atoms with Crippen LogP contribution in [-0.4, -0.2) is 25.1 Å². The molecule has 3 heterocycles. The minimum Gasteiger partial charge on any atom is -0.382 e. The highest BCUT2D eigenvalue weighted by molar-refractivity contribution is 5.69. The number of nitrogens with two attached hydrogens (primary N) is 1. The summed E-state index contributed by atoms with van der Waals surface area (Å²) < 4.78 is 0. The second-order valence-corrected chi connectivity index (χ2v) is 4.74. The molecule has 21 heavy (non-hydrogen) atoms. The van der Waals surface area contributed by atoms with Crippen LogP contribution in [0.2, 0.25) is 0 Å². The van der Waals surface area contributed by atoms with E-state index in [4.69, 9.17) is 5.73 Å². The highest BCUT2D eigenvalue weighted by Crippen LogP contribution is 2.22. The van der Waals surface area contributed by atoms with Gasteiger partial charge in [0.2, 0.25) is 0 Å². The van der Waals surface area contributed by atoms with Crippen LogP contribution in [0.15, 0.2) is 30.6 Å². The number of nitrogens with one attached hydrogen (secondary N) is 2. The number of rotatable bonds is 3. The van der Waals surface area contributed by atoms with E-state index in [1.54, 1.807) is 12.4 Å². The summed E-state index contributed by atoms with van der Waals surface area (Å²) in [5.41, 5.74) is 9.93. The highest BCUT2D eigenvalue weighted by atomic mass is 15.1. The molecule has 0 unspecified atom stereocenters. The molecule has 0 spiro atoms. The van der Waals surface area contributed by atoms with Gasteiger partial charge in [0.05, 0.1) is 18.1 Å². The van der Waals surface area contributed by atoms with Crippen molar-refractivity contribution in [3.63, 3.8) is 0 Å². The van der Waals surface area contributed by atoms with Gasteiger partial charge in [0, 0.05) is 11.4 Å². The predicted octanol–water partition coefficient (Wildman–Crippen LogP) is 2.20. The summed E-state index contributed by atoms with van der Waals surface area (Å²) in [6, 6.07) is 5.71. The number of nitrogens with zero attached hydrogens (tertiary/aromatic N) is 4. The van der Waals surface area contributed by atoms with Crippen molar-refractivity contribution in [1.29, 1.82) is 0 Å². The summed E-state index contributed by atoms with van der Waals surface area (Å²) in [6.07, 6.45) is 3.35. The largest absolute Gasteiger partial charge is 0.382 e. The first-order valence-electron chi connectivity index (χ1n) is 6.46. The van der Waals surface area contributed by atoms with Gasteiger partial charge in [-0.15, -0.1) is 0 Å². The van der Waals surface area contributed by atoms with Crippen LogP contribution >= 0.6 is 0 Å². The molecule has 0 aliphatic rings. The van der Waals surface area contributed by atoms with Crippen LogP contribution in [0.5, 0.6) is 0 Å². The maximum Gasteiger partial charge on any atom is 0.154 e. The number of aromatic nitrogens is 5. The van der Waals surface area contributed by atoms with Gasteiger partial charge < -0.3 is 11.1 Å². The SMILES string of the molecule is Cc1ccc(Nc2cnc(-c3cc(C)[nH]n3)c(N)n2)cn1. The Kier molecular flexibility index (Phi) is 3.23. The lowest BCUT2D eigenvalue weighted by molar-refractivity contribution is 1.04. The van der Waals surface area contributed by atoms with E-state index >= 15 is 0 Å². The second kappa shape index (κ2) is 5.20. The highest BCUT2D eigenvalue weighted by Gasteiger charge is 2.10. The molecule has 106 valence electrons. The maximum absolute atomic E-state index is 5.96. The number of nitrogen functional groups attached to an aromatic ring is 1. The van der Waals surface area contributed by atoms with Crippen LogP contribution < -0.4 is 11.1 Å². The van der Waals surface area contributed by atoms with Gasteiger partial charge in [0.25, 0.3) is 0 Å². The third-order valence-electron chi connectivity index (χ3n) is 2.93. The molecule has 0 saturated carbocycles. The first-order valence-corrected chi connectivity index (χ1v) is 6.46. The van der Waals surface area contributed by atoms with Crippen molar-refractivity contribution in [3.8, 4) is 11.4 Å². The smallest absolute Gasteiger partial charge is 0.154 e. The first-order chi connectivity index (χ1) is 10.1. The van der Waals surface area contributed by atoms with Crippen LogP contribution in [0.4, 0.5) is 17.3 Å². The lowest BCUT2D eigenvalue weighted by Gasteiger charge is -2.07. The molecular formula is C14H15N7. The van der Waals surface area contributed by atoms with Gasteiger partial charge in [-0.2, -0.15) is 5.10 Å². The van der Waals surface area contributed by atoms with Crippen LogP contribution in [0.25, 0.3) is 11.4 Å². The third kappa shape index (κ3) is 2.81. The van der Waals surface area contributed by atoms with Crippen molar-refractivity contribution in [1.82, 2.24) is 25.1 Å². The fourth-order valence-electron chi connectivity index (χ4n) is 1.89. The van der Waals surface area contributed by atoms with E-state index in [1.807, 2.05) is 32.0 Å². The predicted molar refractivity (Wildman–Crippen MR) is 81.0 cm³/mol. The van der Waals surface area contributed by atoms with Crippen molar-refractivity contribution < 1.29 is 0 Å². The lowest BCUT2D eigenvalue weighted by atomic mass is 10.3. The molecule has 0 aliphatic heterocycles. The Morgan fingerprint density at radius 3 is 2.62 bits per heavy atom. The Balaban J connectivity index is 1.85. The number of H-pyrrole nitrogens is 1. The number of anilines is 3. The summed E-state index contributed by atoms with van der Waals surface area (Å²) in [7, 11) is 0. The standard InChI is InChI=1S/C14H15N7/c1-8-3-4-10(6-16-8)18-12-7-17-13(14(15)19-12)11-5-9(2)20-21-11/h3-7H,1-2H3,(H,20,21)(H3,15,18,19). The minimum absolute atomic E-state index is 0.326. The zero-order chi connectivity index (χ0) is 14.8. The van der Waals surface area contributed by atoms with E-state index in [0.717, 1.165) is 17.1 Å². The number of aromatic amines is 1. The van der Waals surface area contributed by atoms with Gasteiger partial charge in [-0.3, -0.25) is 10.1 Å². The molecular weight excluding hydrogens is 266 g/mol. The Hall–Kier alpha value is -2.96. The van der Waals surface area contributed by atoms with Crippen molar-refractivity contribution in [3.05, 3.63) is 42.0 Å². The molecule has 0 saturated heterocycles. The number of pyridine rings is 1. The summed E-state index contributed by atoms with van der Waals surface area (Å²) in [6.45, 7) is 3.85. The Labute approximate surface area is 121 Å². The van der Waals surface area contributed by atoms with Gasteiger partial charge >= 0.3 is 0 Å². The molecule has 3 aromatic rings. The summed E-state index contributed by atoms with van der Waals surface area (Å²) in [5, 5.41) is 10.1. The summed E-state index contributed by atoms with van der Waals surface area (Å²) in [5.74, 6) is 0.890. The molecule has 4 N–H and O–H groups in total. The van der Waals surface area contributed by atoms with Gasteiger partial charge in [-0.25, -0.2) is 9.97 Å².